The molecule has 0 radical (unpaired) electrons. The molecule has 0 aliphatic carbocycles. The molecule has 132 valence electrons. The van der Waals surface area contributed by atoms with Crippen molar-refractivity contribution >= 4 is 44.8 Å². The highest BCUT2D eigenvalue weighted by Crippen LogP contribution is 2.45. The lowest BCUT2D eigenvalue weighted by molar-refractivity contribution is 0.479. The van der Waals surface area contributed by atoms with Crippen LogP contribution in [-0.2, 0) is 0 Å². The number of H-pyrrole nitrogens is 1. The predicted octanol–water partition coefficient (Wildman–Crippen LogP) is 5.81. The maximum absolute atomic E-state index is 11.9. The van der Waals surface area contributed by atoms with Crippen molar-refractivity contribution < 1.29 is 5.11 Å². The lowest BCUT2D eigenvalue weighted by Crippen LogP contribution is -2.09. The number of aromatic nitrogens is 1. The molecule has 0 aliphatic rings. The number of pyridine rings is 1. The van der Waals surface area contributed by atoms with Gasteiger partial charge in [0.25, 0.3) is 5.56 Å². The maximum atomic E-state index is 11.9. The average Bonchev–Trinajstić information content (AvgIpc) is 2.98. The summed E-state index contributed by atoms with van der Waals surface area (Å²) in [6, 6.07) is 16.8. The van der Waals surface area contributed by atoms with E-state index in [1.54, 1.807) is 6.07 Å². The second-order valence-corrected chi connectivity index (χ2v) is 7.83. The molecule has 0 amide bonds. The van der Waals surface area contributed by atoms with Gasteiger partial charge in [-0.3, -0.25) is 4.79 Å². The summed E-state index contributed by atoms with van der Waals surface area (Å²) in [6.07, 6.45) is 0. The molecule has 0 spiro atoms. The van der Waals surface area contributed by atoms with E-state index >= 15 is 0 Å². The Morgan fingerprint density at radius 1 is 1.04 bits per heavy atom. The fourth-order valence-corrected chi connectivity index (χ4v) is 4.61. The van der Waals surface area contributed by atoms with Crippen LogP contribution >= 0.6 is 34.5 Å². The summed E-state index contributed by atoms with van der Waals surface area (Å²) in [7, 11) is 0. The molecule has 2 aromatic heterocycles. The number of nitrogens with zero attached hydrogens (tertiary/aromatic N) is 1. The minimum absolute atomic E-state index is 0.328. The van der Waals surface area contributed by atoms with Gasteiger partial charge in [0.2, 0.25) is 0 Å². The molecule has 0 fully saturated rings. The van der Waals surface area contributed by atoms with Gasteiger partial charge in [0.15, 0.2) is 5.56 Å². The summed E-state index contributed by atoms with van der Waals surface area (Å²) in [5.41, 5.74) is 2.22. The van der Waals surface area contributed by atoms with E-state index in [0.717, 1.165) is 28.0 Å². The Morgan fingerprint density at radius 3 is 2.37 bits per heavy atom. The van der Waals surface area contributed by atoms with Crippen LogP contribution in [0.4, 0.5) is 0 Å². The number of fused-ring (bicyclic) bond motifs is 1. The maximum Gasteiger partial charge on any atom is 0.270 e. The van der Waals surface area contributed by atoms with E-state index in [9.17, 15) is 9.90 Å². The fourth-order valence-electron chi connectivity index (χ4n) is 2.99. The summed E-state index contributed by atoms with van der Waals surface area (Å²) in [5.74, 6) is -0.357. The van der Waals surface area contributed by atoms with E-state index in [4.69, 9.17) is 28.5 Å². The number of thiophene rings is 1. The molecular formula is C20H10Cl2N2O2S. The van der Waals surface area contributed by atoms with Crippen molar-refractivity contribution in [2.24, 2.45) is 0 Å². The minimum Gasteiger partial charge on any atom is -0.506 e. The molecule has 0 saturated heterocycles. The van der Waals surface area contributed by atoms with E-state index in [0.29, 0.717) is 25.1 Å². The van der Waals surface area contributed by atoms with Crippen LogP contribution in [0.1, 0.15) is 5.56 Å². The van der Waals surface area contributed by atoms with Crippen molar-refractivity contribution in [1.29, 1.82) is 5.26 Å². The first-order valence-corrected chi connectivity index (χ1v) is 9.41. The smallest absolute Gasteiger partial charge is 0.270 e. The van der Waals surface area contributed by atoms with E-state index < -0.39 is 5.56 Å². The predicted molar refractivity (Wildman–Crippen MR) is 110 cm³/mol. The molecule has 0 atom stereocenters. The lowest BCUT2D eigenvalue weighted by Gasteiger charge is -2.07. The largest absolute Gasteiger partial charge is 0.506 e. The summed E-state index contributed by atoms with van der Waals surface area (Å²) in [5, 5.41) is 20.6. The minimum atomic E-state index is -0.638. The Balaban J connectivity index is 1.91. The topological polar surface area (TPSA) is 76.9 Å². The molecule has 0 saturated carbocycles. The first-order chi connectivity index (χ1) is 13.0. The quantitative estimate of drug-likeness (QED) is 0.436. The summed E-state index contributed by atoms with van der Waals surface area (Å²) < 4.78 is 0.413. The van der Waals surface area contributed by atoms with Crippen molar-refractivity contribution in [3.63, 3.8) is 0 Å². The zero-order valence-electron chi connectivity index (χ0n) is 13.6. The van der Waals surface area contributed by atoms with Crippen LogP contribution in [0, 0.1) is 11.3 Å². The van der Waals surface area contributed by atoms with Crippen LogP contribution in [0.2, 0.25) is 9.36 Å². The van der Waals surface area contributed by atoms with Crippen LogP contribution in [0.25, 0.3) is 32.5 Å². The van der Waals surface area contributed by atoms with Gasteiger partial charge in [0.05, 0.1) is 5.39 Å². The Labute approximate surface area is 167 Å². The zero-order valence-corrected chi connectivity index (χ0v) is 15.9. The van der Waals surface area contributed by atoms with Crippen LogP contribution in [0.15, 0.2) is 53.3 Å². The Hall–Kier alpha value is -2.78. The van der Waals surface area contributed by atoms with Crippen molar-refractivity contribution in [3.05, 3.63) is 73.8 Å². The standard InChI is InChI=1S/C20H10Cl2N2O2S/c21-14-4-2-1-3-12(14)10-5-7-11(8-6-10)15-16-17(25)13(9-23)19(26)24-20(16)27-18(15)22/h1-8H,(H2,24,25,26). The Kier molecular flexibility index (Phi) is 4.40. The highest BCUT2D eigenvalue weighted by atomic mass is 35.5. The number of benzene rings is 2. The van der Waals surface area contributed by atoms with Gasteiger partial charge in [-0.2, -0.15) is 5.26 Å². The number of rotatable bonds is 2. The first kappa shape index (κ1) is 17.6. The van der Waals surface area contributed by atoms with Gasteiger partial charge in [0.1, 0.15) is 21.0 Å². The summed E-state index contributed by atoms with van der Waals surface area (Å²) >= 11 is 13.8. The van der Waals surface area contributed by atoms with Gasteiger partial charge in [-0.15, -0.1) is 11.3 Å². The third-order valence-electron chi connectivity index (χ3n) is 4.26. The molecule has 27 heavy (non-hydrogen) atoms. The molecule has 0 bridgehead atoms. The van der Waals surface area contributed by atoms with Gasteiger partial charge < -0.3 is 10.1 Å². The van der Waals surface area contributed by atoms with Crippen LogP contribution in [-0.4, -0.2) is 10.1 Å². The first-order valence-electron chi connectivity index (χ1n) is 7.84. The van der Waals surface area contributed by atoms with E-state index in [2.05, 4.69) is 4.98 Å². The van der Waals surface area contributed by atoms with Crippen molar-refractivity contribution in [2.75, 3.05) is 0 Å². The van der Waals surface area contributed by atoms with Gasteiger partial charge in [-0.25, -0.2) is 0 Å². The van der Waals surface area contributed by atoms with Crippen LogP contribution in [0.5, 0.6) is 5.75 Å². The van der Waals surface area contributed by atoms with Gasteiger partial charge in [0, 0.05) is 16.1 Å². The lowest BCUT2D eigenvalue weighted by atomic mass is 9.99. The summed E-state index contributed by atoms with van der Waals surface area (Å²) in [6.45, 7) is 0. The number of halogens is 2. The molecule has 2 aromatic carbocycles. The van der Waals surface area contributed by atoms with Gasteiger partial charge in [-0.05, 0) is 17.2 Å². The highest BCUT2D eigenvalue weighted by Gasteiger charge is 2.21. The van der Waals surface area contributed by atoms with Crippen molar-refractivity contribution in [1.82, 2.24) is 4.98 Å². The molecule has 4 nitrogen and oxygen atoms in total. The molecular weight excluding hydrogens is 403 g/mol. The number of aromatic hydroxyl groups is 1. The molecule has 2 heterocycles. The van der Waals surface area contributed by atoms with E-state index in [1.807, 2.05) is 48.5 Å². The van der Waals surface area contributed by atoms with Crippen molar-refractivity contribution in [2.45, 2.75) is 0 Å². The zero-order chi connectivity index (χ0) is 19.1. The number of aromatic amines is 1. The normalized spacial score (nSPS) is 10.9. The fraction of sp³-hybridized carbons (Fsp3) is 0. The molecule has 7 heteroatoms. The second kappa shape index (κ2) is 6.75. The van der Waals surface area contributed by atoms with E-state index in [1.165, 1.54) is 0 Å². The SMILES string of the molecule is N#Cc1c(O)c2c(-c3ccc(-c4ccccc4Cl)cc3)c(Cl)sc2[nH]c1=O. The van der Waals surface area contributed by atoms with Crippen LogP contribution < -0.4 is 5.56 Å². The van der Waals surface area contributed by atoms with Crippen molar-refractivity contribution in [3.8, 4) is 34.1 Å². The third kappa shape index (κ3) is 2.88. The molecule has 2 N–H and O–H groups in total. The number of nitrogens with one attached hydrogen (secondary N) is 1. The molecule has 4 rings (SSSR count). The number of hydrogen-bond donors (Lipinski definition) is 2. The molecule has 0 unspecified atom stereocenters. The Morgan fingerprint density at radius 2 is 1.70 bits per heavy atom. The molecule has 0 aliphatic heterocycles. The second-order valence-electron chi connectivity index (χ2n) is 5.80. The highest BCUT2D eigenvalue weighted by molar-refractivity contribution is 7.23. The van der Waals surface area contributed by atoms with Crippen LogP contribution in [0.3, 0.4) is 0 Å². The molecule has 4 aromatic rings. The number of hydrogen-bond acceptors (Lipinski definition) is 4. The average molecular weight is 413 g/mol. The van der Waals surface area contributed by atoms with Gasteiger partial charge >= 0.3 is 0 Å². The number of nitriles is 1. The summed E-state index contributed by atoms with van der Waals surface area (Å²) in [4.78, 5) is 14.9. The Bertz CT molecular complexity index is 1280. The van der Waals surface area contributed by atoms with Gasteiger partial charge in [-0.1, -0.05) is 65.7 Å². The van der Waals surface area contributed by atoms with E-state index in [-0.39, 0.29) is 11.3 Å². The third-order valence-corrected chi connectivity index (χ3v) is 5.91. The monoisotopic (exact) mass is 412 g/mol.